The first-order chi connectivity index (χ1) is 11.0. The summed E-state index contributed by atoms with van der Waals surface area (Å²) in [5.74, 6) is -0.435. The SMILES string of the molecule is Cn1nc(CN2CC[C@H](O)C2)c2c3ccc(F)cc3c(=O)[nH]c21. The van der Waals surface area contributed by atoms with E-state index in [-0.39, 0.29) is 11.7 Å². The minimum Gasteiger partial charge on any atom is -0.392 e. The van der Waals surface area contributed by atoms with Crippen LogP contribution in [0.2, 0.25) is 0 Å². The summed E-state index contributed by atoms with van der Waals surface area (Å²) in [5, 5.41) is 16.1. The molecule has 6 nitrogen and oxygen atoms in total. The Kier molecular flexibility index (Phi) is 3.21. The number of benzene rings is 1. The van der Waals surface area contributed by atoms with Crippen LogP contribution < -0.4 is 5.56 Å². The molecule has 3 aromatic rings. The highest BCUT2D eigenvalue weighted by molar-refractivity contribution is 6.05. The summed E-state index contributed by atoms with van der Waals surface area (Å²) in [6, 6.07) is 4.24. The summed E-state index contributed by atoms with van der Waals surface area (Å²) in [6.07, 6.45) is 0.462. The Bertz CT molecular complexity index is 962. The molecule has 1 aromatic carbocycles. The van der Waals surface area contributed by atoms with E-state index in [1.807, 2.05) is 0 Å². The Morgan fingerprint density at radius 2 is 2.26 bits per heavy atom. The van der Waals surface area contributed by atoms with Gasteiger partial charge in [0, 0.05) is 37.5 Å². The average molecular weight is 316 g/mol. The normalized spacial score (nSPS) is 19.2. The molecule has 1 fully saturated rings. The van der Waals surface area contributed by atoms with Gasteiger partial charge in [-0.25, -0.2) is 4.39 Å². The van der Waals surface area contributed by atoms with E-state index in [2.05, 4.69) is 15.0 Å². The first-order valence-corrected chi connectivity index (χ1v) is 7.60. The Morgan fingerprint density at radius 3 is 3.00 bits per heavy atom. The maximum atomic E-state index is 13.5. The number of H-pyrrole nitrogens is 1. The molecule has 1 aliphatic heterocycles. The summed E-state index contributed by atoms with van der Waals surface area (Å²) in [6.45, 7) is 2.02. The second kappa shape index (κ2) is 5.14. The van der Waals surface area contributed by atoms with E-state index in [0.29, 0.717) is 29.5 Å². The van der Waals surface area contributed by atoms with E-state index in [1.54, 1.807) is 17.8 Å². The summed E-state index contributed by atoms with van der Waals surface area (Å²) in [5.41, 5.74) is 1.13. The van der Waals surface area contributed by atoms with Crippen LogP contribution in [0.4, 0.5) is 4.39 Å². The molecule has 4 rings (SSSR count). The second-order valence-corrected chi connectivity index (χ2v) is 6.12. The highest BCUT2D eigenvalue weighted by atomic mass is 19.1. The molecule has 7 heteroatoms. The highest BCUT2D eigenvalue weighted by Crippen LogP contribution is 2.26. The number of aromatic amines is 1. The maximum Gasteiger partial charge on any atom is 0.257 e. The van der Waals surface area contributed by atoms with Gasteiger partial charge in [-0.2, -0.15) is 5.10 Å². The number of hydrogen-bond donors (Lipinski definition) is 2. The molecule has 0 amide bonds. The van der Waals surface area contributed by atoms with Crippen LogP contribution in [0.3, 0.4) is 0 Å². The molecule has 3 heterocycles. The topological polar surface area (TPSA) is 74.2 Å². The van der Waals surface area contributed by atoms with Crippen molar-refractivity contribution in [3.63, 3.8) is 0 Å². The molecular weight excluding hydrogens is 299 g/mol. The van der Waals surface area contributed by atoms with Crippen molar-refractivity contribution < 1.29 is 9.50 Å². The Hall–Kier alpha value is -2.25. The third-order valence-electron chi connectivity index (χ3n) is 4.47. The van der Waals surface area contributed by atoms with Crippen molar-refractivity contribution in [2.45, 2.75) is 19.1 Å². The van der Waals surface area contributed by atoms with Crippen LogP contribution in [0.15, 0.2) is 23.0 Å². The smallest absolute Gasteiger partial charge is 0.257 e. The van der Waals surface area contributed by atoms with E-state index in [0.717, 1.165) is 24.0 Å². The van der Waals surface area contributed by atoms with Crippen molar-refractivity contribution in [1.29, 1.82) is 0 Å². The summed E-state index contributed by atoms with van der Waals surface area (Å²) in [4.78, 5) is 17.1. The van der Waals surface area contributed by atoms with Gasteiger partial charge in [-0.1, -0.05) is 6.07 Å². The molecule has 0 spiro atoms. The van der Waals surface area contributed by atoms with Gasteiger partial charge in [-0.3, -0.25) is 14.4 Å². The number of aliphatic hydroxyl groups is 1. The lowest BCUT2D eigenvalue weighted by Crippen LogP contribution is -2.22. The van der Waals surface area contributed by atoms with Gasteiger partial charge in [0.2, 0.25) is 0 Å². The average Bonchev–Trinajstić information content (AvgIpc) is 3.04. The highest BCUT2D eigenvalue weighted by Gasteiger charge is 2.23. The van der Waals surface area contributed by atoms with Crippen molar-refractivity contribution in [2.75, 3.05) is 13.1 Å². The number of pyridine rings is 1. The van der Waals surface area contributed by atoms with Gasteiger partial charge in [-0.15, -0.1) is 0 Å². The second-order valence-electron chi connectivity index (χ2n) is 6.12. The largest absolute Gasteiger partial charge is 0.392 e. The van der Waals surface area contributed by atoms with Crippen LogP contribution >= 0.6 is 0 Å². The molecule has 1 aliphatic rings. The van der Waals surface area contributed by atoms with Crippen LogP contribution in [0.25, 0.3) is 21.8 Å². The van der Waals surface area contributed by atoms with Crippen molar-refractivity contribution in [1.82, 2.24) is 19.7 Å². The van der Waals surface area contributed by atoms with Gasteiger partial charge in [0.05, 0.1) is 17.2 Å². The summed E-state index contributed by atoms with van der Waals surface area (Å²) < 4.78 is 15.1. The van der Waals surface area contributed by atoms with E-state index in [4.69, 9.17) is 0 Å². The van der Waals surface area contributed by atoms with Gasteiger partial charge in [0.25, 0.3) is 5.56 Å². The number of halogens is 1. The molecule has 0 unspecified atom stereocenters. The molecule has 2 aromatic heterocycles. The summed E-state index contributed by atoms with van der Waals surface area (Å²) >= 11 is 0. The fourth-order valence-electron chi connectivity index (χ4n) is 3.38. The van der Waals surface area contributed by atoms with Crippen molar-refractivity contribution in [3.05, 3.63) is 40.1 Å². The van der Waals surface area contributed by atoms with Crippen LogP contribution in [0.5, 0.6) is 0 Å². The number of rotatable bonds is 2. The molecule has 0 bridgehead atoms. The summed E-state index contributed by atoms with van der Waals surface area (Å²) in [7, 11) is 1.77. The van der Waals surface area contributed by atoms with E-state index >= 15 is 0 Å². The number of hydrogen-bond acceptors (Lipinski definition) is 4. The molecule has 0 radical (unpaired) electrons. The third-order valence-corrected chi connectivity index (χ3v) is 4.47. The van der Waals surface area contributed by atoms with Crippen LogP contribution in [-0.4, -0.2) is 44.0 Å². The number of β-amino-alcohol motifs (C(OH)–C–C–N with tert-alkyl or cyclic N) is 1. The fourth-order valence-corrected chi connectivity index (χ4v) is 3.38. The number of nitrogens with zero attached hydrogens (tertiary/aromatic N) is 3. The van der Waals surface area contributed by atoms with Crippen molar-refractivity contribution in [3.8, 4) is 0 Å². The van der Waals surface area contributed by atoms with Gasteiger partial charge < -0.3 is 10.1 Å². The predicted molar refractivity (Wildman–Crippen MR) is 84.7 cm³/mol. The molecule has 2 N–H and O–H groups in total. The number of aliphatic hydroxyl groups excluding tert-OH is 1. The van der Waals surface area contributed by atoms with E-state index in [9.17, 15) is 14.3 Å². The third kappa shape index (κ3) is 2.32. The Balaban J connectivity index is 1.93. The maximum absolute atomic E-state index is 13.5. The van der Waals surface area contributed by atoms with Crippen molar-refractivity contribution >= 4 is 21.8 Å². The standard InChI is InChI=1S/C16H17FN4O2/c1-20-15-14(13(19-20)8-21-5-4-10(22)7-21)11-3-2-9(17)6-12(11)16(23)18-15/h2-3,6,10,22H,4-5,7-8H2,1H3,(H,18,23)/t10-/m0/s1. The first kappa shape index (κ1) is 14.3. The number of aryl methyl sites for hydroxylation is 1. The fraction of sp³-hybridized carbons (Fsp3) is 0.375. The van der Waals surface area contributed by atoms with Gasteiger partial charge in [0.15, 0.2) is 0 Å². The molecule has 1 atom stereocenters. The number of likely N-dealkylation sites (tertiary alicyclic amines) is 1. The quantitative estimate of drug-likeness (QED) is 0.743. The van der Waals surface area contributed by atoms with E-state index < -0.39 is 5.82 Å². The Labute approximate surface area is 131 Å². The van der Waals surface area contributed by atoms with Crippen molar-refractivity contribution in [2.24, 2.45) is 7.05 Å². The zero-order chi connectivity index (χ0) is 16.1. The molecule has 0 aliphatic carbocycles. The zero-order valence-electron chi connectivity index (χ0n) is 12.7. The molecular formula is C16H17FN4O2. The molecule has 1 saturated heterocycles. The zero-order valence-corrected chi connectivity index (χ0v) is 12.7. The number of aromatic nitrogens is 3. The predicted octanol–water partition coefficient (Wildman–Crippen LogP) is 1.12. The Morgan fingerprint density at radius 1 is 1.43 bits per heavy atom. The molecule has 0 saturated carbocycles. The molecule has 23 heavy (non-hydrogen) atoms. The minimum absolute atomic E-state index is 0.296. The number of fused-ring (bicyclic) bond motifs is 3. The van der Waals surface area contributed by atoms with Gasteiger partial charge >= 0.3 is 0 Å². The number of nitrogens with one attached hydrogen (secondary N) is 1. The lowest BCUT2D eigenvalue weighted by Gasteiger charge is -2.13. The minimum atomic E-state index is -0.435. The van der Waals surface area contributed by atoms with Crippen LogP contribution in [-0.2, 0) is 13.6 Å². The lowest BCUT2D eigenvalue weighted by molar-refractivity contribution is 0.174. The van der Waals surface area contributed by atoms with Crippen LogP contribution in [0, 0.1) is 5.82 Å². The lowest BCUT2D eigenvalue weighted by atomic mass is 10.1. The first-order valence-electron chi connectivity index (χ1n) is 7.60. The van der Waals surface area contributed by atoms with Gasteiger partial charge in [0.1, 0.15) is 11.5 Å². The molecule has 120 valence electrons. The monoisotopic (exact) mass is 316 g/mol. The van der Waals surface area contributed by atoms with E-state index in [1.165, 1.54) is 12.1 Å². The van der Waals surface area contributed by atoms with Gasteiger partial charge in [-0.05, 0) is 18.6 Å². The van der Waals surface area contributed by atoms with Crippen LogP contribution in [0.1, 0.15) is 12.1 Å².